The number of fused-ring (bicyclic) bond motifs is 1. The van der Waals surface area contributed by atoms with Gasteiger partial charge in [0, 0.05) is 56.9 Å². The third kappa shape index (κ3) is 4.43. The Morgan fingerprint density at radius 1 is 0.971 bits per heavy atom. The molecule has 2 fully saturated rings. The smallest absolute Gasteiger partial charge is 0.255 e. The fourth-order valence-corrected chi connectivity index (χ4v) is 5.21. The van der Waals surface area contributed by atoms with Gasteiger partial charge >= 0.3 is 0 Å². The van der Waals surface area contributed by atoms with E-state index in [-0.39, 0.29) is 24.1 Å². The highest BCUT2D eigenvalue weighted by molar-refractivity contribution is 6.05. The molecule has 0 aliphatic carbocycles. The van der Waals surface area contributed by atoms with E-state index in [4.69, 9.17) is 9.47 Å². The monoisotopic (exact) mass is 478 g/mol. The van der Waals surface area contributed by atoms with Crippen molar-refractivity contribution in [2.75, 3.05) is 45.3 Å². The van der Waals surface area contributed by atoms with E-state index in [1.807, 2.05) is 30.3 Å². The molecular formula is C26H30N4O5. The summed E-state index contributed by atoms with van der Waals surface area (Å²) in [6.07, 6.45) is 0.628. The van der Waals surface area contributed by atoms with Crippen LogP contribution in [0.3, 0.4) is 0 Å². The standard InChI is InChI=1S/C26H30N4O5/c1-34-22-4-3-5-23(35-2)20(22)16-28-10-12-29(13-11-28)18-7-6-17-15-30(26(33)19(17)14-18)21-8-9-24(31)27-25(21)32/h3-7,14,21H,8-13,15-16H2,1-2H3,(H,27,31,32). The summed E-state index contributed by atoms with van der Waals surface area (Å²) in [5, 5.41) is 2.35. The molecule has 0 bridgehead atoms. The topological polar surface area (TPSA) is 91.4 Å². The summed E-state index contributed by atoms with van der Waals surface area (Å²) in [6.45, 7) is 4.55. The van der Waals surface area contributed by atoms with E-state index in [0.29, 0.717) is 18.5 Å². The zero-order valence-electron chi connectivity index (χ0n) is 20.1. The van der Waals surface area contributed by atoms with E-state index in [9.17, 15) is 14.4 Å². The molecule has 0 spiro atoms. The first-order chi connectivity index (χ1) is 17.0. The van der Waals surface area contributed by atoms with Crippen molar-refractivity contribution in [1.82, 2.24) is 15.1 Å². The third-order valence-electron chi connectivity index (χ3n) is 7.16. The maximum atomic E-state index is 13.1. The molecule has 1 atom stereocenters. The van der Waals surface area contributed by atoms with Gasteiger partial charge in [-0.25, -0.2) is 0 Å². The van der Waals surface area contributed by atoms with E-state index in [0.717, 1.165) is 61.0 Å². The molecule has 3 heterocycles. The van der Waals surface area contributed by atoms with E-state index >= 15 is 0 Å². The Labute approximate surface area is 204 Å². The summed E-state index contributed by atoms with van der Waals surface area (Å²) < 4.78 is 11.1. The molecule has 184 valence electrons. The van der Waals surface area contributed by atoms with Gasteiger partial charge in [0.25, 0.3) is 5.91 Å². The number of nitrogens with zero attached hydrogens (tertiary/aromatic N) is 3. The van der Waals surface area contributed by atoms with Crippen LogP contribution in [0.25, 0.3) is 0 Å². The molecule has 1 N–H and O–H groups in total. The summed E-state index contributed by atoms with van der Waals surface area (Å²) >= 11 is 0. The molecule has 2 saturated heterocycles. The van der Waals surface area contributed by atoms with Crippen LogP contribution in [0.2, 0.25) is 0 Å². The minimum atomic E-state index is -0.591. The second-order valence-electron chi connectivity index (χ2n) is 9.15. The van der Waals surface area contributed by atoms with Crippen molar-refractivity contribution in [3.05, 3.63) is 53.1 Å². The van der Waals surface area contributed by atoms with Crippen molar-refractivity contribution >= 4 is 23.4 Å². The summed E-state index contributed by atoms with van der Waals surface area (Å²) in [6, 6.07) is 11.2. The van der Waals surface area contributed by atoms with Crippen LogP contribution in [0.4, 0.5) is 5.69 Å². The van der Waals surface area contributed by atoms with Gasteiger partial charge in [0.1, 0.15) is 17.5 Å². The summed E-state index contributed by atoms with van der Waals surface area (Å²) in [5.74, 6) is 0.846. The number of benzene rings is 2. The molecule has 3 amide bonds. The Hall–Kier alpha value is -3.59. The van der Waals surface area contributed by atoms with Gasteiger partial charge in [-0.15, -0.1) is 0 Å². The lowest BCUT2D eigenvalue weighted by molar-refractivity contribution is -0.136. The van der Waals surface area contributed by atoms with Crippen molar-refractivity contribution in [2.24, 2.45) is 0 Å². The molecule has 0 aromatic heterocycles. The molecule has 0 saturated carbocycles. The maximum Gasteiger partial charge on any atom is 0.255 e. The predicted molar refractivity (Wildman–Crippen MR) is 130 cm³/mol. The summed E-state index contributed by atoms with van der Waals surface area (Å²) in [7, 11) is 3.35. The van der Waals surface area contributed by atoms with Crippen molar-refractivity contribution in [3.8, 4) is 11.5 Å². The number of methoxy groups -OCH3 is 2. The molecule has 9 nitrogen and oxygen atoms in total. The van der Waals surface area contributed by atoms with Crippen LogP contribution < -0.4 is 19.7 Å². The van der Waals surface area contributed by atoms with E-state index in [1.54, 1.807) is 19.1 Å². The van der Waals surface area contributed by atoms with E-state index in [2.05, 4.69) is 21.2 Å². The number of imide groups is 1. The van der Waals surface area contributed by atoms with Crippen LogP contribution in [0.1, 0.15) is 34.3 Å². The Balaban J connectivity index is 1.24. The molecular weight excluding hydrogens is 448 g/mol. The van der Waals surface area contributed by atoms with Crippen LogP contribution in [0, 0.1) is 0 Å². The fourth-order valence-electron chi connectivity index (χ4n) is 5.21. The number of hydrogen-bond acceptors (Lipinski definition) is 7. The quantitative estimate of drug-likeness (QED) is 0.633. The van der Waals surface area contributed by atoms with Gasteiger partial charge in [0.15, 0.2) is 0 Å². The largest absolute Gasteiger partial charge is 0.496 e. The average molecular weight is 479 g/mol. The number of amides is 3. The number of piperidine rings is 1. The second kappa shape index (κ2) is 9.58. The Morgan fingerprint density at radius 2 is 1.69 bits per heavy atom. The Morgan fingerprint density at radius 3 is 2.34 bits per heavy atom. The first-order valence-corrected chi connectivity index (χ1v) is 11.9. The minimum Gasteiger partial charge on any atom is -0.496 e. The number of nitrogens with one attached hydrogen (secondary N) is 1. The molecule has 3 aliphatic heterocycles. The lowest BCUT2D eigenvalue weighted by atomic mass is 10.0. The number of carbonyl (C=O) groups is 3. The predicted octanol–water partition coefficient (Wildman–Crippen LogP) is 1.79. The fraction of sp³-hybridized carbons (Fsp3) is 0.423. The minimum absolute atomic E-state index is 0.141. The SMILES string of the molecule is COc1cccc(OC)c1CN1CCN(c2ccc3c(c2)C(=O)N(C2CCC(=O)NC2=O)C3)CC1. The normalized spacial score (nSPS) is 20.6. The van der Waals surface area contributed by atoms with Gasteiger partial charge < -0.3 is 19.3 Å². The van der Waals surface area contributed by atoms with E-state index < -0.39 is 6.04 Å². The van der Waals surface area contributed by atoms with Crippen LogP contribution >= 0.6 is 0 Å². The number of anilines is 1. The first kappa shape index (κ1) is 23.2. The number of carbonyl (C=O) groups excluding carboxylic acids is 3. The summed E-state index contributed by atoms with van der Waals surface area (Å²) in [5.41, 5.74) is 3.62. The van der Waals surface area contributed by atoms with Crippen molar-refractivity contribution in [3.63, 3.8) is 0 Å². The van der Waals surface area contributed by atoms with Gasteiger partial charge in [-0.05, 0) is 36.2 Å². The number of hydrogen-bond donors (Lipinski definition) is 1. The zero-order valence-corrected chi connectivity index (χ0v) is 20.1. The first-order valence-electron chi connectivity index (χ1n) is 11.9. The molecule has 0 radical (unpaired) electrons. The molecule has 5 rings (SSSR count). The van der Waals surface area contributed by atoms with Gasteiger partial charge in [-0.2, -0.15) is 0 Å². The maximum absolute atomic E-state index is 13.1. The Bertz CT molecular complexity index is 1140. The van der Waals surface area contributed by atoms with Crippen LogP contribution in [-0.4, -0.2) is 74.0 Å². The molecule has 1 unspecified atom stereocenters. The van der Waals surface area contributed by atoms with Crippen LogP contribution in [0.5, 0.6) is 11.5 Å². The summed E-state index contributed by atoms with van der Waals surface area (Å²) in [4.78, 5) is 43.2. The third-order valence-corrected chi connectivity index (χ3v) is 7.16. The van der Waals surface area contributed by atoms with Crippen molar-refractivity contribution in [1.29, 1.82) is 0 Å². The molecule has 2 aromatic carbocycles. The van der Waals surface area contributed by atoms with Crippen LogP contribution in [0.15, 0.2) is 36.4 Å². The average Bonchev–Trinajstić information content (AvgIpc) is 3.20. The highest BCUT2D eigenvalue weighted by atomic mass is 16.5. The van der Waals surface area contributed by atoms with Gasteiger partial charge in [0.2, 0.25) is 11.8 Å². The zero-order chi connectivity index (χ0) is 24.5. The number of rotatable bonds is 6. The van der Waals surface area contributed by atoms with Gasteiger partial charge in [-0.1, -0.05) is 12.1 Å². The molecule has 9 heteroatoms. The number of piperazine rings is 1. The molecule has 2 aromatic rings. The number of ether oxygens (including phenoxy) is 2. The highest BCUT2D eigenvalue weighted by Gasteiger charge is 2.39. The van der Waals surface area contributed by atoms with Crippen molar-refractivity contribution < 1.29 is 23.9 Å². The Kier molecular flexibility index (Phi) is 6.34. The van der Waals surface area contributed by atoms with E-state index in [1.165, 1.54) is 0 Å². The molecule has 35 heavy (non-hydrogen) atoms. The lowest BCUT2D eigenvalue weighted by Crippen LogP contribution is -2.52. The van der Waals surface area contributed by atoms with Gasteiger partial charge in [0.05, 0.1) is 19.8 Å². The van der Waals surface area contributed by atoms with Gasteiger partial charge in [-0.3, -0.25) is 24.6 Å². The highest BCUT2D eigenvalue weighted by Crippen LogP contribution is 2.32. The second-order valence-corrected chi connectivity index (χ2v) is 9.15. The molecule has 3 aliphatic rings. The van der Waals surface area contributed by atoms with Crippen LogP contribution in [-0.2, 0) is 22.7 Å². The lowest BCUT2D eigenvalue weighted by Gasteiger charge is -2.36. The van der Waals surface area contributed by atoms with Crippen molar-refractivity contribution in [2.45, 2.75) is 32.0 Å².